The lowest BCUT2D eigenvalue weighted by atomic mass is 9.52. The summed E-state index contributed by atoms with van der Waals surface area (Å²) in [4.78, 5) is 12.2. The summed E-state index contributed by atoms with van der Waals surface area (Å²) in [5.41, 5.74) is 2.72. The number of aliphatic hydroxyl groups excluding tert-OH is 1. The van der Waals surface area contributed by atoms with Gasteiger partial charge in [0.25, 0.3) is 0 Å². The molecule has 0 amide bonds. The minimum atomic E-state index is -0.464. The number of fused-ring (bicyclic) bond motifs is 5. The van der Waals surface area contributed by atoms with E-state index in [2.05, 4.69) is 13.0 Å². The summed E-state index contributed by atoms with van der Waals surface area (Å²) in [5, 5.41) is 20.1. The van der Waals surface area contributed by atoms with Crippen molar-refractivity contribution in [1.82, 2.24) is 0 Å². The number of aromatic hydroxyl groups is 1. The number of carbonyl (C=O) groups excluding carboxylic acids is 1. The highest BCUT2D eigenvalue weighted by Gasteiger charge is 2.59. The van der Waals surface area contributed by atoms with E-state index in [0.29, 0.717) is 0 Å². The van der Waals surface area contributed by atoms with Crippen LogP contribution >= 0.6 is 0 Å². The van der Waals surface area contributed by atoms with E-state index >= 15 is 0 Å². The van der Waals surface area contributed by atoms with Crippen LogP contribution in [-0.4, -0.2) is 22.6 Å². The number of allylic oxidation sites excluding steroid dienone is 2. The summed E-state index contributed by atoms with van der Waals surface area (Å²) in [6, 6.07) is 5.47. The first-order valence-corrected chi connectivity index (χ1v) is 8.18. The molecule has 1 aromatic rings. The summed E-state index contributed by atoms with van der Waals surface area (Å²) < 4.78 is 0. The van der Waals surface area contributed by atoms with Gasteiger partial charge in [-0.2, -0.15) is 0 Å². The minimum Gasteiger partial charge on any atom is -0.508 e. The van der Waals surface area contributed by atoms with E-state index in [0.717, 1.165) is 55.1 Å². The molecule has 22 heavy (non-hydrogen) atoms. The number of hydrogen-bond donors (Lipinski definition) is 2. The Labute approximate surface area is 130 Å². The van der Waals surface area contributed by atoms with Crippen LogP contribution in [0.2, 0.25) is 0 Å². The Morgan fingerprint density at radius 2 is 2.14 bits per heavy atom. The molecular weight excluding hydrogens is 276 g/mol. The van der Waals surface area contributed by atoms with Gasteiger partial charge in [-0.3, -0.25) is 0 Å². The van der Waals surface area contributed by atoms with Crippen molar-refractivity contribution < 1.29 is 15.0 Å². The first-order chi connectivity index (χ1) is 10.5. The van der Waals surface area contributed by atoms with Crippen molar-refractivity contribution in [2.45, 2.75) is 45.1 Å². The van der Waals surface area contributed by atoms with Gasteiger partial charge in [-0.25, -0.2) is 0 Å². The smallest absolute Gasteiger partial charge is 0.130 e. The van der Waals surface area contributed by atoms with Gasteiger partial charge in [-0.15, -0.1) is 0 Å². The molecule has 3 heteroatoms. The van der Waals surface area contributed by atoms with Crippen molar-refractivity contribution in [3.63, 3.8) is 0 Å². The molecule has 116 valence electrons. The second kappa shape index (κ2) is 4.45. The first-order valence-electron chi connectivity index (χ1n) is 8.18. The molecule has 1 aromatic carbocycles. The predicted octanol–water partition coefficient (Wildman–Crippen LogP) is 3.09. The number of rotatable bonds is 1. The fourth-order valence-corrected chi connectivity index (χ4v) is 5.31. The Morgan fingerprint density at radius 3 is 2.91 bits per heavy atom. The number of aryl methyl sites for hydroxylation is 1. The summed E-state index contributed by atoms with van der Waals surface area (Å²) >= 11 is 0. The lowest BCUT2D eigenvalue weighted by Gasteiger charge is -2.51. The third-order valence-corrected chi connectivity index (χ3v) is 6.55. The largest absolute Gasteiger partial charge is 0.508 e. The molecule has 0 spiro atoms. The fraction of sp³-hybridized carbons (Fsp3) is 0.526. The van der Waals surface area contributed by atoms with E-state index in [9.17, 15) is 15.0 Å². The molecule has 0 aliphatic heterocycles. The maximum atomic E-state index is 12.2. The van der Waals surface area contributed by atoms with Crippen LogP contribution in [-0.2, 0) is 11.2 Å². The minimum absolute atomic E-state index is 0.182. The Hall–Kier alpha value is -1.61. The highest BCUT2D eigenvalue weighted by atomic mass is 16.3. The van der Waals surface area contributed by atoms with Crippen LogP contribution in [0.1, 0.15) is 43.7 Å². The van der Waals surface area contributed by atoms with Gasteiger partial charge in [0, 0.05) is 5.41 Å². The number of phenols is 1. The Kier molecular flexibility index (Phi) is 2.83. The highest BCUT2D eigenvalue weighted by molar-refractivity contribution is 5.89. The summed E-state index contributed by atoms with van der Waals surface area (Å²) in [6.07, 6.45) is 7.14. The molecule has 3 aliphatic rings. The van der Waals surface area contributed by atoms with E-state index in [1.807, 2.05) is 12.1 Å². The van der Waals surface area contributed by atoms with Crippen LogP contribution in [0.4, 0.5) is 0 Å². The van der Waals surface area contributed by atoms with Crippen LogP contribution in [0.5, 0.6) is 5.75 Å². The predicted molar refractivity (Wildman–Crippen MR) is 84.4 cm³/mol. The zero-order chi connectivity index (χ0) is 15.5. The molecule has 2 N–H and O–H groups in total. The molecule has 0 bridgehead atoms. The molecule has 1 unspecified atom stereocenters. The third-order valence-electron chi connectivity index (χ3n) is 6.55. The van der Waals surface area contributed by atoms with Gasteiger partial charge in [-0.05, 0) is 66.9 Å². The molecule has 0 radical (unpaired) electrons. The number of aliphatic hydroxyl groups is 1. The highest BCUT2D eigenvalue weighted by Crippen LogP contribution is 2.63. The topological polar surface area (TPSA) is 57.5 Å². The number of hydrogen-bond acceptors (Lipinski definition) is 3. The Morgan fingerprint density at radius 1 is 1.32 bits per heavy atom. The van der Waals surface area contributed by atoms with Gasteiger partial charge in [0.1, 0.15) is 12.0 Å². The van der Waals surface area contributed by atoms with Gasteiger partial charge < -0.3 is 15.0 Å². The fourth-order valence-electron chi connectivity index (χ4n) is 5.31. The number of benzene rings is 1. The van der Waals surface area contributed by atoms with E-state index in [1.54, 1.807) is 6.07 Å². The average molecular weight is 298 g/mol. The van der Waals surface area contributed by atoms with Gasteiger partial charge in [0.2, 0.25) is 0 Å². The molecule has 3 nitrogen and oxygen atoms in total. The monoisotopic (exact) mass is 298 g/mol. The van der Waals surface area contributed by atoms with Gasteiger partial charge >= 0.3 is 0 Å². The maximum Gasteiger partial charge on any atom is 0.130 e. The van der Waals surface area contributed by atoms with E-state index in [-0.39, 0.29) is 23.2 Å². The zero-order valence-corrected chi connectivity index (χ0v) is 12.9. The summed E-state index contributed by atoms with van der Waals surface area (Å²) in [5.74, 6) is 0.504. The molecule has 1 fully saturated rings. The second-order valence-corrected chi connectivity index (χ2v) is 7.47. The number of aldehydes is 1. The van der Waals surface area contributed by atoms with Crippen molar-refractivity contribution in [3.05, 3.63) is 35.4 Å². The number of carbonyl (C=O) groups is 1. The Balaban J connectivity index is 1.90. The summed E-state index contributed by atoms with van der Waals surface area (Å²) in [6.45, 7) is 2.14. The van der Waals surface area contributed by atoms with Crippen molar-refractivity contribution in [1.29, 1.82) is 0 Å². The molecule has 0 saturated heterocycles. The quantitative estimate of drug-likeness (QED) is 0.783. The van der Waals surface area contributed by atoms with Crippen LogP contribution in [0.15, 0.2) is 24.3 Å². The van der Waals surface area contributed by atoms with Crippen LogP contribution < -0.4 is 0 Å². The van der Waals surface area contributed by atoms with E-state index in [1.165, 1.54) is 0 Å². The standard InChI is InChI=1S/C19H22O3/c1-18-8-7-15-14-3-2-13(21)10-12(14)6-9-19(15,11-20)16(18)4-5-17(18)22/h2-3,7,10-11,16-17,21-22H,4-6,8-9H2,1H3/t16?,17-,18-,19-/m0/s1. The second-order valence-electron chi connectivity index (χ2n) is 7.47. The maximum absolute atomic E-state index is 12.2. The van der Waals surface area contributed by atoms with Crippen molar-refractivity contribution >= 4 is 11.9 Å². The van der Waals surface area contributed by atoms with Gasteiger partial charge in [0.15, 0.2) is 0 Å². The normalized spacial score (nSPS) is 39.5. The molecule has 4 rings (SSSR count). The third kappa shape index (κ3) is 1.58. The van der Waals surface area contributed by atoms with E-state index in [4.69, 9.17) is 0 Å². The van der Waals surface area contributed by atoms with Crippen LogP contribution in [0.3, 0.4) is 0 Å². The van der Waals surface area contributed by atoms with Crippen molar-refractivity contribution in [2.75, 3.05) is 0 Å². The molecule has 1 saturated carbocycles. The molecule has 0 aromatic heterocycles. The lowest BCUT2D eigenvalue weighted by Crippen LogP contribution is -2.48. The van der Waals surface area contributed by atoms with E-state index < -0.39 is 5.41 Å². The summed E-state index contributed by atoms with van der Waals surface area (Å²) in [7, 11) is 0. The SMILES string of the molecule is C[C@]12CC=C3c4ccc(O)cc4CC[C@@]3(C=O)C1CC[C@@H]2O. The first kappa shape index (κ1) is 14.0. The van der Waals surface area contributed by atoms with Crippen molar-refractivity contribution in [2.24, 2.45) is 16.7 Å². The van der Waals surface area contributed by atoms with Crippen molar-refractivity contribution in [3.8, 4) is 5.75 Å². The lowest BCUT2D eigenvalue weighted by molar-refractivity contribution is -0.120. The van der Waals surface area contributed by atoms with Gasteiger partial charge in [-0.1, -0.05) is 19.1 Å². The zero-order valence-electron chi connectivity index (χ0n) is 12.9. The van der Waals surface area contributed by atoms with Crippen LogP contribution in [0.25, 0.3) is 5.57 Å². The van der Waals surface area contributed by atoms with Crippen LogP contribution in [0, 0.1) is 16.7 Å². The molecule has 4 atom stereocenters. The average Bonchev–Trinajstić information content (AvgIpc) is 2.82. The molecule has 0 heterocycles. The Bertz CT molecular complexity index is 677. The number of phenolic OH excluding ortho intramolecular Hbond substituents is 1. The van der Waals surface area contributed by atoms with Gasteiger partial charge in [0.05, 0.1) is 11.5 Å². The molecular formula is C19H22O3. The molecule has 3 aliphatic carbocycles.